The van der Waals surface area contributed by atoms with E-state index in [-0.39, 0.29) is 0 Å². The number of rotatable bonds is 2. The van der Waals surface area contributed by atoms with Gasteiger partial charge in [0.1, 0.15) is 0 Å². The van der Waals surface area contributed by atoms with Gasteiger partial charge in [-0.25, -0.2) is 0 Å². The number of benzene rings is 1. The van der Waals surface area contributed by atoms with Gasteiger partial charge >= 0.3 is 0 Å². The maximum Gasteiger partial charge on any atom is 0.0611 e. The topological polar surface area (TPSA) is 28.2 Å². The molecule has 3 nitrogen and oxygen atoms in total. The molecule has 0 amide bonds. The highest BCUT2D eigenvalue weighted by molar-refractivity contribution is 6.30. The van der Waals surface area contributed by atoms with Crippen molar-refractivity contribution >= 4 is 17.3 Å². The molecule has 4 heteroatoms. The van der Waals surface area contributed by atoms with Crippen LogP contribution in [-0.2, 0) is 13.1 Å². The number of nitrogens with one attached hydrogen (secondary N) is 1. The first-order valence-electron chi connectivity index (χ1n) is 6.47. The van der Waals surface area contributed by atoms with Crippen LogP contribution in [0.1, 0.15) is 11.3 Å². The second kappa shape index (κ2) is 5.59. The summed E-state index contributed by atoms with van der Waals surface area (Å²) >= 11 is 6.02. The molecular formula is C15H16ClN3. The quantitative estimate of drug-likeness (QED) is 0.912. The van der Waals surface area contributed by atoms with E-state index < -0.39 is 0 Å². The first-order valence-corrected chi connectivity index (χ1v) is 6.85. The van der Waals surface area contributed by atoms with Crippen molar-refractivity contribution in [3.05, 3.63) is 58.9 Å². The highest BCUT2D eigenvalue weighted by Gasteiger charge is 2.15. The van der Waals surface area contributed by atoms with E-state index in [1.165, 1.54) is 11.3 Å². The molecule has 1 aliphatic rings. The van der Waals surface area contributed by atoms with Crippen molar-refractivity contribution in [3.63, 3.8) is 0 Å². The number of hydrogen-bond donors (Lipinski definition) is 1. The Kier molecular flexibility index (Phi) is 3.67. The highest BCUT2D eigenvalue weighted by Crippen LogP contribution is 2.23. The van der Waals surface area contributed by atoms with E-state index in [2.05, 4.69) is 39.5 Å². The molecule has 0 fully saturated rings. The van der Waals surface area contributed by atoms with Gasteiger partial charge in [-0.3, -0.25) is 4.98 Å². The number of pyridine rings is 1. The van der Waals surface area contributed by atoms with Crippen molar-refractivity contribution in [2.45, 2.75) is 13.1 Å². The van der Waals surface area contributed by atoms with Crippen molar-refractivity contribution in [2.24, 2.45) is 0 Å². The van der Waals surface area contributed by atoms with Crippen LogP contribution >= 0.6 is 11.6 Å². The standard InChI is InChI=1S/C15H16ClN3/c16-13-5-6-18-14(9-13)11-19-8-7-17-10-12-3-1-2-4-15(12)19/h1-6,9,17H,7-8,10-11H2. The number of aromatic nitrogens is 1. The van der Waals surface area contributed by atoms with Gasteiger partial charge in [-0.1, -0.05) is 29.8 Å². The van der Waals surface area contributed by atoms with Gasteiger partial charge in [-0.2, -0.15) is 0 Å². The first-order chi connectivity index (χ1) is 9.33. The van der Waals surface area contributed by atoms with Crippen LogP contribution in [-0.4, -0.2) is 18.1 Å². The summed E-state index contributed by atoms with van der Waals surface area (Å²) in [6, 6.07) is 12.3. The number of halogens is 1. The number of anilines is 1. The third-order valence-electron chi connectivity index (χ3n) is 3.34. The summed E-state index contributed by atoms with van der Waals surface area (Å²) in [6.45, 7) is 3.68. The van der Waals surface area contributed by atoms with Crippen molar-refractivity contribution in [2.75, 3.05) is 18.0 Å². The predicted octanol–water partition coefficient (Wildman–Crippen LogP) is 2.84. The molecule has 1 N–H and O–H groups in total. The van der Waals surface area contributed by atoms with Crippen LogP contribution in [0.4, 0.5) is 5.69 Å². The second-order valence-corrected chi connectivity index (χ2v) is 5.13. The van der Waals surface area contributed by atoms with Gasteiger partial charge in [0.05, 0.1) is 12.2 Å². The molecule has 0 spiro atoms. The van der Waals surface area contributed by atoms with E-state index in [9.17, 15) is 0 Å². The van der Waals surface area contributed by atoms with E-state index in [0.29, 0.717) is 0 Å². The zero-order valence-corrected chi connectivity index (χ0v) is 11.4. The number of fused-ring (bicyclic) bond motifs is 1. The summed E-state index contributed by atoms with van der Waals surface area (Å²) < 4.78 is 0. The normalized spacial score (nSPS) is 14.9. The van der Waals surface area contributed by atoms with Crippen LogP contribution in [0.2, 0.25) is 5.02 Å². The van der Waals surface area contributed by atoms with Crippen molar-refractivity contribution in [1.82, 2.24) is 10.3 Å². The second-order valence-electron chi connectivity index (χ2n) is 4.69. The van der Waals surface area contributed by atoms with Crippen LogP contribution in [0.15, 0.2) is 42.6 Å². The van der Waals surface area contributed by atoms with Gasteiger partial charge in [0.15, 0.2) is 0 Å². The zero-order valence-electron chi connectivity index (χ0n) is 10.6. The number of hydrogen-bond acceptors (Lipinski definition) is 3. The molecule has 1 aromatic heterocycles. The molecule has 1 aromatic carbocycles. The Balaban J connectivity index is 1.88. The molecule has 19 heavy (non-hydrogen) atoms. The van der Waals surface area contributed by atoms with E-state index in [1.54, 1.807) is 6.20 Å². The van der Waals surface area contributed by atoms with Gasteiger partial charge in [-0.15, -0.1) is 0 Å². The fraction of sp³-hybridized carbons (Fsp3) is 0.267. The monoisotopic (exact) mass is 273 g/mol. The van der Waals surface area contributed by atoms with Gasteiger partial charge in [0, 0.05) is 36.5 Å². The van der Waals surface area contributed by atoms with Crippen LogP contribution in [0.5, 0.6) is 0 Å². The van der Waals surface area contributed by atoms with E-state index in [1.807, 2.05) is 12.1 Å². The molecule has 2 aromatic rings. The lowest BCUT2D eigenvalue weighted by atomic mass is 10.1. The van der Waals surface area contributed by atoms with Crippen molar-refractivity contribution < 1.29 is 0 Å². The fourth-order valence-electron chi connectivity index (χ4n) is 2.42. The Morgan fingerprint density at radius 2 is 2.16 bits per heavy atom. The summed E-state index contributed by atoms with van der Waals surface area (Å²) in [5.41, 5.74) is 3.63. The molecule has 2 heterocycles. The summed E-state index contributed by atoms with van der Waals surface area (Å²) in [7, 11) is 0. The van der Waals surface area contributed by atoms with E-state index >= 15 is 0 Å². The maximum absolute atomic E-state index is 6.02. The molecule has 0 aliphatic carbocycles. The summed E-state index contributed by atoms with van der Waals surface area (Å²) in [4.78, 5) is 6.75. The van der Waals surface area contributed by atoms with Crippen LogP contribution in [0.25, 0.3) is 0 Å². The Labute approximate surface area is 118 Å². The minimum Gasteiger partial charge on any atom is -0.364 e. The lowest BCUT2D eigenvalue weighted by molar-refractivity contribution is 0.685. The third kappa shape index (κ3) is 2.88. The van der Waals surface area contributed by atoms with E-state index in [4.69, 9.17) is 11.6 Å². The zero-order chi connectivity index (χ0) is 13.1. The lowest BCUT2D eigenvalue weighted by Crippen LogP contribution is -2.28. The molecule has 98 valence electrons. The Bertz CT molecular complexity index is 571. The molecule has 0 unspecified atom stereocenters. The summed E-state index contributed by atoms with van der Waals surface area (Å²) in [5, 5.41) is 4.18. The Morgan fingerprint density at radius 1 is 1.26 bits per heavy atom. The summed E-state index contributed by atoms with van der Waals surface area (Å²) in [5.74, 6) is 0. The first kappa shape index (κ1) is 12.5. The van der Waals surface area contributed by atoms with Crippen LogP contribution in [0.3, 0.4) is 0 Å². The SMILES string of the molecule is Clc1ccnc(CN2CCNCc3ccccc32)c1. The number of para-hydroxylation sites is 1. The molecule has 1 aliphatic heterocycles. The minimum absolute atomic E-state index is 0.742. The molecule has 0 saturated heterocycles. The van der Waals surface area contributed by atoms with Crippen LogP contribution < -0.4 is 10.2 Å². The summed E-state index contributed by atoms with van der Waals surface area (Å²) in [6.07, 6.45) is 1.76. The molecule has 0 bridgehead atoms. The molecular weight excluding hydrogens is 258 g/mol. The molecule has 0 radical (unpaired) electrons. The highest BCUT2D eigenvalue weighted by atomic mass is 35.5. The largest absolute Gasteiger partial charge is 0.364 e. The smallest absolute Gasteiger partial charge is 0.0611 e. The Hall–Kier alpha value is -1.58. The maximum atomic E-state index is 6.02. The third-order valence-corrected chi connectivity index (χ3v) is 3.57. The van der Waals surface area contributed by atoms with Gasteiger partial charge in [-0.05, 0) is 23.8 Å². The van der Waals surface area contributed by atoms with Crippen molar-refractivity contribution in [1.29, 1.82) is 0 Å². The van der Waals surface area contributed by atoms with Gasteiger partial charge < -0.3 is 10.2 Å². The lowest BCUT2D eigenvalue weighted by Gasteiger charge is -2.24. The van der Waals surface area contributed by atoms with E-state index in [0.717, 1.165) is 36.9 Å². The van der Waals surface area contributed by atoms with Gasteiger partial charge in [0.25, 0.3) is 0 Å². The minimum atomic E-state index is 0.742. The molecule has 0 saturated carbocycles. The predicted molar refractivity (Wildman–Crippen MR) is 78.4 cm³/mol. The fourth-order valence-corrected chi connectivity index (χ4v) is 2.60. The van der Waals surface area contributed by atoms with Crippen molar-refractivity contribution in [3.8, 4) is 0 Å². The van der Waals surface area contributed by atoms with Gasteiger partial charge in [0.2, 0.25) is 0 Å². The average molecular weight is 274 g/mol. The number of nitrogens with zero attached hydrogens (tertiary/aromatic N) is 2. The molecule has 3 rings (SSSR count). The molecule has 0 atom stereocenters. The Morgan fingerprint density at radius 3 is 3.05 bits per heavy atom. The van der Waals surface area contributed by atoms with Crippen LogP contribution in [0, 0.1) is 0 Å². The average Bonchev–Trinajstić information content (AvgIpc) is 2.62.